The molecular formula is C16H26N2O. The Labute approximate surface area is 116 Å². The van der Waals surface area contributed by atoms with Gasteiger partial charge in [0.15, 0.2) is 0 Å². The highest BCUT2D eigenvalue weighted by Crippen LogP contribution is 2.22. The lowest BCUT2D eigenvalue weighted by Crippen LogP contribution is -2.29. The maximum Gasteiger partial charge on any atom is 0.230 e. The van der Waals surface area contributed by atoms with Crippen molar-refractivity contribution in [3.63, 3.8) is 0 Å². The van der Waals surface area contributed by atoms with Gasteiger partial charge in [0.05, 0.1) is 0 Å². The summed E-state index contributed by atoms with van der Waals surface area (Å²) in [5.74, 6) is 0.0758. The molecule has 106 valence electrons. The Morgan fingerprint density at radius 3 is 2.32 bits per heavy atom. The Bertz CT molecular complexity index is 396. The van der Waals surface area contributed by atoms with Gasteiger partial charge >= 0.3 is 0 Å². The fraction of sp³-hybridized carbons (Fsp3) is 0.562. The van der Waals surface area contributed by atoms with Crippen LogP contribution in [0.4, 0.5) is 5.69 Å². The van der Waals surface area contributed by atoms with Crippen LogP contribution in [0, 0.1) is 5.41 Å². The smallest absolute Gasteiger partial charge is 0.230 e. The number of nitrogens with one attached hydrogen (secondary N) is 2. The molecule has 0 unspecified atom stereocenters. The first-order chi connectivity index (χ1) is 8.99. The summed E-state index contributed by atoms with van der Waals surface area (Å²) >= 11 is 0. The topological polar surface area (TPSA) is 41.1 Å². The second kappa shape index (κ2) is 7.29. The molecule has 3 heteroatoms. The lowest BCUT2D eigenvalue weighted by molar-refractivity contribution is -0.124. The van der Waals surface area contributed by atoms with E-state index in [1.165, 1.54) is 5.56 Å². The highest BCUT2D eigenvalue weighted by molar-refractivity contribution is 5.94. The Hall–Kier alpha value is -1.35. The van der Waals surface area contributed by atoms with Crippen LogP contribution in [0.1, 0.15) is 46.1 Å². The van der Waals surface area contributed by atoms with Gasteiger partial charge in [-0.25, -0.2) is 0 Å². The predicted octanol–water partition coefficient (Wildman–Crippen LogP) is 3.56. The van der Waals surface area contributed by atoms with E-state index in [1.807, 2.05) is 32.9 Å². The van der Waals surface area contributed by atoms with Gasteiger partial charge in [-0.2, -0.15) is 0 Å². The molecule has 0 fully saturated rings. The summed E-state index contributed by atoms with van der Waals surface area (Å²) in [5, 5.41) is 6.33. The molecule has 1 aromatic rings. The van der Waals surface area contributed by atoms with Crippen LogP contribution in [-0.2, 0) is 11.3 Å². The minimum absolute atomic E-state index is 0.0758. The van der Waals surface area contributed by atoms with Crippen LogP contribution < -0.4 is 10.6 Å². The lowest BCUT2D eigenvalue weighted by atomic mass is 9.89. The average Bonchev–Trinajstić information content (AvgIpc) is 2.41. The van der Waals surface area contributed by atoms with Crippen molar-refractivity contribution in [1.82, 2.24) is 5.32 Å². The second-order valence-corrected chi connectivity index (χ2v) is 5.57. The molecule has 0 atom stereocenters. The van der Waals surface area contributed by atoms with Crippen LogP contribution in [0.5, 0.6) is 0 Å². The van der Waals surface area contributed by atoms with Crippen LogP contribution in [-0.4, -0.2) is 12.5 Å². The zero-order valence-electron chi connectivity index (χ0n) is 12.5. The third kappa shape index (κ3) is 5.03. The highest BCUT2D eigenvalue weighted by Gasteiger charge is 2.25. The summed E-state index contributed by atoms with van der Waals surface area (Å²) in [7, 11) is 0. The maximum atomic E-state index is 12.0. The minimum atomic E-state index is -0.318. The van der Waals surface area contributed by atoms with Crippen molar-refractivity contribution in [2.45, 2.75) is 47.1 Å². The Balaban J connectivity index is 2.55. The number of hydrogen-bond donors (Lipinski definition) is 2. The van der Waals surface area contributed by atoms with E-state index in [0.29, 0.717) is 0 Å². The number of rotatable bonds is 7. The SMILES string of the molecule is CCCNCc1ccc(NC(=O)C(C)(C)CC)cc1. The van der Waals surface area contributed by atoms with E-state index in [0.717, 1.165) is 31.6 Å². The number of carbonyl (C=O) groups is 1. The molecule has 19 heavy (non-hydrogen) atoms. The normalized spacial score (nSPS) is 11.4. The summed E-state index contributed by atoms with van der Waals surface area (Å²) in [6, 6.07) is 8.04. The van der Waals surface area contributed by atoms with Crippen LogP contribution in [0.15, 0.2) is 24.3 Å². The van der Waals surface area contributed by atoms with Crippen LogP contribution in [0.25, 0.3) is 0 Å². The van der Waals surface area contributed by atoms with Gasteiger partial charge in [0, 0.05) is 17.6 Å². The van der Waals surface area contributed by atoms with Crippen molar-refractivity contribution in [3.8, 4) is 0 Å². The van der Waals surface area contributed by atoms with Gasteiger partial charge in [0.25, 0.3) is 0 Å². The first-order valence-electron chi connectivity index (χ1n) is 7.10. The number of benzene rings is 1. The van der Waals surface area contributed by atoms with Gasteiger partial charge in [-0.1, -0.05) is 39.8 Å². The van der Waals surface area contributed by atoms with E-state index in [9.17, 15) is 4.79 Å². The molecule has 1 aromatic carbocycles. The quantitative estimate of drug-likeness (QED) is 0.738. The van der Waals surface area contributed by atoms with Crippen molar-refractivity contribution in [3.05, 3.63) is 29.8 Å². The molecule has 2 N–H and O–H groups in total. The lowest BCUT2D eigenvalue weighted by Gasteiger charge is -2.21. The number of hydrogen-bond acceptors (Lipinski definition) is 2. The van der Waals surface area contributed by atoms with Crippen LogP contribution >= 0.6 is 0 Å². The van der Waals surface area contributed by atoms with E-state index in [4.69, 9.17) is 0 Å². The monoisotopic (exact) mass is 262 g/mol. The molecular weight excluding hydrogens is 236 g/mol. The van der Waals surface area contributed by atoms with Crippen LogP contribution in [0.3, 0.4) is 0 Å². The highest BCUT2D eigenvalue weighted by atomic mass is 16.2. The van der Waals surface area contributed by atoms with Gasteiger partial charge in [-0.05, 0) is 37.1 Å². The summed E-state index contributed by atoms with van der Waals surface area (Å²) in [4.78, 5) is 12.0. The summed E-state index contributed by atoms with van der Waals surface area (Å²) in [6.45, 7) is 10.0. The molecule has 0 bridgehead atoms. The number of carbonyl (C=O) groups excluding carboxylic acids is 1. The van der Waals surface area contributed by atoms with E-state index < -0.39 is 0 Å². The first-order valence-corrected chi connectivity index (χ1v) is 7.10. The first kappa shape index (κ1) is 15.7. The van der Waals surface area contributed by atoms with Gasteiger partial charge < -0.3 is 10.6 Å². The molecule has 0 heterocycles. The number of amides is 1. The van der Waals surface area contributed by atoms with Crippen molar-refractivity contribution >= 4 is 11.6 Å². The Morgan fingerprint density at radius 1 is 1.16 bits per heavy atom. The molecule has 1 amide bonds. The summed E-state index contributed by atoms with van der Waals surface area (Å²) in [6.07, 6.45) is 1.97. The standard InChI is InChI=1S/C16H26N2O/c1-5-11-17-12-13-7-9-14(10-8-13)18-15(19)16(3,4)6-2/h7-10,17H,5-6,11-12H2,1-4H3,(H,18,19). The van der Waals surface area contributed by atoms with Crippen molar-refractivity contribution in [2.75, 3.05) is 11.9 Å². The Kier molecular flexibility index (Phi) is 6.03. The van der Waals surface area contributed by atoms with Gasteiger partial charge in [-0.3, -0.25) is 4.79 Å². The molecule has 0 aliphatic carbocycles. The number of anilines is 1. The largest absolute Gasteiger partial charge is 0.326 e. The molecule has 0 spiro atoms. The molecule has 0 aliphatic rings. The average molecular weight is 262 g/mol. The minimum Gasteiger partial charge on any atom is -0.326 e. The Morgan fingerprint density at radius 2 is 1.79 bits per heavy atom. The van der Waals surface area contributed by atoms with Gasteiger partial charge in [-0.15, -0.1) is 0 Å². The van der Waals surface area contributed by atoms with E-state index in [2.05, 4.69) is 29.7 Å². The molecule has 0 aliphatic heterocycles. The summed E-state index contributed by atoms with van der Waals surface area (Å²) in [5.41, 5.74) is 1.79. The zero-order chi connectivity index (χ0) is 14.3. The van der Waals surface area contributed by atoms with E-state index in [1.54, 1.807) is 0 Å². The second-order valence-electron chi connectivity index (χ2n) is 5.57. The molecule has 1 rings (SSSR count). The maximum absolute atomic E-state index is 12.0. The fourth-order valence-electron chi connectivity index (χ4n) is 1.58. The van der Waals surface area contributed by atoms with Gasteiger partial charge in [0.2, 0.25) is 5.91 Å². The van der Waals surface area contributed by atoms with Gasteiger partial charge in [0.1, 0.15) is 0 Å². The van der Waals surface area contributed by atoms with Crippen LogP contribution in [0.2, 0.25) is 0 Å². The molecule has 3 nitrogen and oxygen atoms in total. The van der Waals surface area contributed by atoms with E-state index in [-0.39, 0.29) is 11.3 Å². The predicted molar refractivity (Wildman–Crippen MR) is 81.1 cm³/mol. The van der Waals surface area contributed by atoms with Crippen molar-refractivity contribution in [2.24, 2.45) is 5.41 Å². The summed E-state index contributed by atoms with van der Waals surface area (Å²) < 4.78 is 0. The third-order valence-corrected chi connectivity index (χ3v) is 3.47. The van der Waals surface area contributed by atoms with Crippen molar-refractivity contribution in [1.29, 1.82) is 0 Å². The molecule has 0 aromatic heterocycles. The molecule has 0 radical (unpaired) electrons. The molecule has 0 saturated carbocycles. The van der Waals surface area contributed by atoms with Crippen molar-refractivity contribution < 1.29 is 4.79 Å². The third-order valence-electron chi connectivity index (χ3n) is 3.47. The fourth-order valence-corrected chi connectivity index (χ4v) is 1.58. The zero-order valence-corrected chi connectivity index (χ0v) is 12.5. The van der Waals surface area contributed by atoms with E-state index >= 15 is 0 Å². The molecule has 0 saturated heterocycles.